The van der Waals surface area contributed by atoms with E-state index in [4.69, 9.17) is 10.5 Å². The van der Waals surface area contributed by atoms with Gasteiger partial charge in [-0.05, 0) is 11.6 Å². The molecule has 8 heteroatoms. The van der Waals surface area contributed by atoms with Crippen molar-refractivity contribution in [1.82, 2.24) is 5.32 Å². The summed E-state index contributed by atoms with van der Waals surface area (Å²) in [6.07, 6.45) is 0. The Morgan fingerprint density at radius 2 is 1.68 bits per heavy atom. The van der Waals surface area contributed by atoms with Crippen LogP contribution in [0.15, 0.2) is 35.5 Å². The third-order valence-corrected chi connectivity index (χ3v) is 4.68. The van der Waals surface area contributed by atoms with Crippen LogP contribution < -0.4 is 10.6 Å². The number of rotatable bonds is 1. The monoisotopic (exact) mass is 327 g/mol. The Labute approximate surface area is 143 Å². The van der Waals surface area contributed by atoms with Crippen molar-refractivity contribution in [2.24, 2.45) is 11.8 Å². The Balaban J connectivity index is 2.44. The number of hydrogen-bond acceptors (Lipinski definition) is 8. The molecule has 0 spiro atoms. The number of nitriles is 5. The maximum atomic E-state index is 11.2. The zero-order chi connectivity index (χ0) is 18.2. The molecule has 118 valence electrons. The molecule has 25 heavy (non-hydrogen) atoms. The summed E-state index contributed by atoms with van der Waals surface area (Å²) in [6, 6.07) is 15.6. The van der Waals surface area contributed by atoms with Gasteiger partial charge in [0.2, 0.25) is 5.85 Å². The Morgan fingerprint density at radius 1 is 1.04 bits per heavy atom. The van der Waals surface area contributed by atoms with Gasteiger partial charge in [-0.3, -0.25) is 0 Å². The van der Waals surface area contributed by atoms with E-state index in [0.29, 0.717) is 11.3 Å². The van der Waals surface area contributed by atoms with E-state index in [2.05, 4.69) is 10.6 Å². The molecule has 3 rings (SSSR count). The largest absolute Gasteiger partial charge is 0.353 e. The molecular weight excluding hydrogens is 318 g/mol. The van der Waals surface area contributed by atoms with Crippen molar-refractivity contribution >= 4 is 5.69 Å². The molecule has 1 aromatic carbocycles. The molecule has 1 saturated heterocycles. The predicted octanol–water partition coefficient (Wildman–Crippen LogP) is 0.704. The first-order chi connectivity index (χ1) is 12.0. The van der Waals surface area contributed by atoms with E-state index in [1.54, 1.807) is 36.4 Å². The first kappa shape index (κ1) is 15.9. The van der Waals surface area contributed by atoms with E-state index in [1.807, 2.05) is 18.2 Å². The van der Waals surface area contributed by atoms with Gasteiger partial charge in [0, 0.05) is 5.69 Å². The van der Waals surface area contributed by atoms with Gasteiger partial charge in [0.25, 0.3) is 0 Å². The molecule has 0 aromatic heterocycles. The van der Waals surface area contributed by atoms with Crippen molar-refractivity contribution < 1.29 is 5.11 Å². The van der Waals surface area contributed by atoms with Crippen molar-refractivity contribution in [3.8, 4) is 30.3 Å². The summed E-state index contributed by atoms with van der Waals surface area (Å²) in [5, 5.41) is 63.8. The van der Waals surface area contributed by atoms with Crippen molar-refractivity contribution in [2.45, 2.75) is 11.3 Å². The Bertz CT molecular complexity index is 980. The van der Waals surface area contributed by atoms with Gasteiger partial charge in [-0.1, -0.05) is 18.2 Å². The van der Waals surface area contributed by atoms with E-state index in [1.165, 1.54) is 0 Å². The summed E-state index contributed by atoms with van der Waals surface area (Å²) in [5.74, 6) is -4.75. The molecule has 0 saturated carbocycles. The molecular formula is C17H9N7O. The van der Waals surface area contributed by atoms with Crippen LogP contribution in [0.2, 0.25) is 0 Å². The second kappa shape index (κ2) is 5.26. The fraction of sp³-hybridized carbons (Fsp3) is 0.235. The van der Waals surface area contributed by atoms with Crippen LogP contribution in [0.4, 0.5) is 5.69 Å². The summed E-state index contributed by atoms with van der Waals surface area (Å²) in [4.78, 5) is 0. The van der Waals surface area contributed by atoms with Crippen LogP contribution in [-0.4, -0.2) is 11.0 Å². The van der Waals surface area contributed by atoms with Gasteiger partial charge in [-0.2, -0.15) is 26.3 Å². The lowest BCUT2D eigenvalue weighted by Gasteiger charge is -2.37. The molecule has 0 bridgehead atoms. The van der Waals surface area contributed by atoms with Crippen LogP contribution in [0.5, 0.6) is 0 Å². The van der Waals surface area contributed by atoms with Gasteiger partial charge < -0.3 is 15.7 Å². The number of nitrogens with zero attached hydrogens (tertiary/aromatic N) is 5. The molecule has 0 unspecified atom stereocenters. The van der Waals surface area contributed by atoms with E-state index >= 15 is 0 Å². The summed E-state index contributed by atoms with van der Waals surface area (Å²) in [6.45, 7) is 0. The molecule has 1 aromatic rings. The molecule has 0 amide bonds. The van der Waals surface area contributed by atoms with Gasteiger partial charge >= 0.3 is 0 Å². The number of fused-ring (bicyclic) bond motifs is 3. The summed E-state index contributed by atoms with van der Waals surface area (Å²) in [7, 11) is 0. The average Bonchev–Trinajstić information content (AvgIpc) is 3.01. The Kier molecular flexibility index (Phi) is 3.33. The van der Waals surface area contributed by atoms with Crippen LogP contribution in [0.1, 0.15) is 5.56 Å². The minimum atomic E-state index is -2.07. The van der Waals surface area contributed by atoms with Crippen molar-refractivity contribution in [3.05, 3.63) is 41.1 Å². The highest BCUT2D eigenvalue weighted by Crippen LogP contribution is 2.59. The second-order valence-electron chi connectivity index (χ2n) is 5.64. The number of benzene rings is 1. The molecule has 3 atom stereocenters. The number of nitrogens with one attached hydrogen (secondary N) is 2. The second-order valence-corrected chi connectivity index (χ2v) is 5.64. The topological polar surface area (TPSA) is 163 Å². The zero-order valence-electron chi connectivity index (χ0n) is 12.6. The van der Waals surface area contributed by atoms with Gasteiger partial charge in [0.05, 0.1) is 23.9 Å². The lowest BCUT2D eigenvalue weighted by Crippen LogP contribution is -2.60. The first-order valence-corrected chi connectivity index (χ1v) is 7.15. The maximum Gasteiger partial charge on any atom is 0.228 e. The highest BCUT2D eigenvalue weighted by Gasteiger charge is 2.72. The third kappa shape index (κ3) is 1.68. The minimum absolute atomic E-state index is 0.104. The fourth-order valence-corrected chi connectivity index (χ4v) is 3.72. The normalized spacial score (nSPS) is 28.0. The highest BCUT2D eigenvalue weighted by molar-refractivity contribution is 5.69. The van der Waals surface area contributed by atoms with E-state index < -0.39 is 23.1 Å². The number of anilines is 1. The number of allylic oxidation sites excluding steroid dienone is 2. The SMILES string of the molecule is N#CC(C#N)=C1N[C@]2(O)Nc3ccccc3[C@]2(C(C#N)C#N)[C@H]1C#N. The standard InChI is InChI=1S/C17H9N7O/c18-5-10(6-19)15-13(9-22)16(11(7-20)8-21)12-3-1-2-4-14(12)23-17(16,25)24-15/h1-4,11,13,23-25H/t13-,16+,17+/m0/s1. The Morgan fingerprint density at radius 3 is 2.24 bits per heavy atom. The van der Waals surface area contributed by atoms with Crippen molar-refractivity contribution in [3.63, 3.8) is 0 Å². The summed E-state index contributed by atoms with van der Waals surface area (Å²) in [5.41, 5.74) is -1.33. The molecule has 2 heterocycles. The molecule has 1 fully saturated rings. The molecule has 0 aliphatic carbocycles. The molecule has 0 radical (unpaired) electrons. The smallest absolute Gasteiger partial charge is 0.228 e. The lowest BCUT2D eigenvalue weighted by molar-refractivity contribution is -0.0170. The molecule has 8 nitrogen and oxygen atoms in total. The quantitative estimate of drug-likeness (QED) is 0.634. The maximum absolute atomic E-state index is 11.2. The predicted molar refractivity (Wildman–Crippen MR) is 81.9 cm³/mol. The van der Waals surface area contributed by atoms with Crippen molar-refractivity contribution in [1.29, 1.82) is 26.3 Å². The lowest BCUT2D eigenvalue weighted by atomic mass is 9.63. The van der Waals surface area contributed by atoms with Gasteiger partial charge in [-0.25, -0.2) is 0 Å². The number of hydrogen-bond donors (Lipinski definition) is 3. The van der Waals surface area contributed by atoms with Crippen LogP contribution in [0.25, 0.3) is 0 Å². The summed E-state index contributed by atoms with van der Waals surface area (Å²) >= 11 is 0. The molecule has 2 aliphatic heterocycles. The number of para-hydroxylation sites is 1. The fourth-order valence-electron chi connectivity index (χ4n) is 3.72. The first-order valence-electron chi connectivity index (χ1n) is 7.15. The highest BCUT2D eigenvalue weighted by atomic mass is 16.3. The Hall–Kier alpha value is -4.03. The molecule has 3 N–H and O–H groups in total. The van der Waals surface area contributed by atoms with Crippen LogP contribution >= 0.6 is 0 Å². The van der Waals surface area contributed by atoms with Crippen LogP contribution in [0.3, 0.4) is 0 Å². The van der Waals surface area contributed by atoms with Gasteiger partial charge in [-0.15, -0.1) is 0 Å². The zero-order valence-corrected chi connectivity index (χ0v) is 12.6. The van der Waals surface area contributed by atoms with E-state index in [0.717, 1.165) is 0 Å². The van der Waals surface area contributed by atoms with Crippen LogP contribution in [-0.2, 0) is 5.41 Å². The minimum Gasteiger partial charge on any atom is -0.353 e. The van der Waals surface area contributed by atoms with Crippen molar-refractivity contribution in [2.75, 3.05) is 5.32 Å². The van der Waals surface area contributed by atoms with E-state index in [-0.39, 0.29) is 11.3 Å². The molecule has 2 aliphatic rings. The van der Waals surface area contributed by atoms with Crippen LogP contribution in [0, 0.1) is 68.5 Å². The average molecular weight is 327 g/mol. The van der Waals surface area contributed by atoms with Gasteiger partial charge in [0.15, 0.2) is 5.92 Å². The summed E-state index contributed by atoms with van der Waals surface area (Å²) < 4.78 is 0. The third-order valence-electron chi connectivity index (χ3n) is 4.68. The number of aliphatic hydroxyl groups is 1. The van der Waals surface area contributed by atoms with E-state index in [9.17, 15) is 20.9 Å². The van der Waals surface area contributed by atoms with Gasteiger partial charge in [0.1, 0.15) is 29.0 Å².